The highest BCUT2D eigenvalue weighted by Crippen LogP contribution is 2.29. The van der Waals surface area contributed by atoms with Crippen molar-refractivity contribution < 1.29 is 4.79 Å². The number of nitrogens with one attached hydrogen (secondary N) is 1. The van der Waals surface area contributed by atoms with Crippen LogP contribution < -0.4 is 5.32 Å². The lowest BCUT2D eigenvalue weighted by Gasteiger charge is -2.07. The summed E-state index contributed by atoms with van der Waals surface area (Å²) >= 11 is 5.36. The summed E-state index contributed by atoms with van der Waals surface area (Å²) in [4.78, 5) is 12.2. The number of rotatable bonds is 5. The maximum absolute atomic E-state index is 11.0. The monoisotopic (exact) mass is 367 g/mol. The van der Waals surface area contributed by atoms with Crippen LogP contribution in [0.25, 0.3) is 0 Å². The van der Waals surface area contributed by atoms with Crippen molar-refractivity contribution in [2.45, 2.75) is 38.0 Å². The van der Waals surface area contributed by atoms with Gasteiger partial charge in [0.05, 0.1) is 15.9 Å². The topological polar surface area (TPSA) is 46.9 Å². The first kappa shape index (κ1) is 16.1. The number of nitrogens with zero attached hydrogens (tertiary/aromatic N) is 2. The fourth-order valence-corrected chi connectivity index (χ4v) is 3.53. The van der Waals surface area contributed by atoms with Gasteiger partial charge in [0.15, 0.2) is 0 Å². The van der Waals surface area contributed by atoms with Gasteiger partial charge in [-0.05, 0) is 54.0 Å². The second kappa shape index (κ2) is 7.13. The van der Waals surface area contributed by atoms with E-state index in [-0.39, 0.29) is 5.91 Å². The van der Waals surface area contributed by atoms with Crippen LogP contribution >= 0.6 is 27.7 Å². The summed E-state index contributed by atoms with van der Waals surface area (Å²) in [5.74, 6) is 0.802. The Morgan fingerprint density at radius 2 is 2.05 bits per heavy atom. The lowest BCUT2D eigenvalue weighted by Crippen LogP contribution is -2.05. The standard InChI is InChI=1S/C15H18BrN3OS/c1-4-19-14(15(16)10(2)18-19)9-21-13-7-5-12(6-8-13)17-11(3)20/h5-8H,4,9H2,1-3H3,(H,17,20). The molecule has 21 heavy (non-hydrogen) atoms. The highest BCUT2D eigenvalue weighted by Gasteiger charge is 2.12. The predicted octanol–water partition coefficient (Wildman–Crippen LogP) is 4.22. The van der Waals surface area contributed by atoms with E-state index in [2.05, 4.69) is 33.3 Å². The Morgan fingerprint density at radius 1 is 1.38 bits per heavy atom. The Hall–Kier alpha value is -1.27. The SMILES string of the molecule is CCn1nc(C)c(Br)c1CSc1ccc(NC(C)=O)cc1. The molecule has 0 aliphatic rings. The van der Waals surface area contributed by atoms with E-state index in [4.69, 9.17) is 0 Å². The lowest BCUT2D eigenvalue weighted by atomic mass is 10.3. The number of hydrogen-bond acceptors (Lipinski definition) is 3. The number of carbonyl (C=O) groups excluding carboxylic acids is 1. The number of amides is 1. The Bertz CT molecular complexity index is 637. The molecule has 1 aromatic heterocycles. The Balaban J connectivity index is 2.05. The minimum absolute atomic E-state index is 0.0540. The van der Waals surface area contributed by atoms with Crippen LogP contribution in [0, 0.1) is 6.92 Å². The molecule has 0 bridgehead atoms. The third kappa shape index (κ3) is 4.11. The van der Waals surface area contributed by atoms with E-state index in [0.717, 1.165) is 33.0 Å². The minimum atomic E-state index is -0.0540. The lowest BCUT2D eigenvalue weighted by molar-refractivity contribution is -0.114. The van der Waals surface area contributed by atoms with Crippen LogP contribution in [0.1, 0.15) is 25.2 Å². The van der Waals surface area contributed by atoms with Gasteiger partial charge in [0.1, 0.15) is 0 Å². The second-order valence-electron chi connectivity index (χ2n) is 4.66. The van der Waals surface area contributed by atoms with Crippen molar-refractivity contribution in [3.8, 4) is 0 Å². The Labute approximate surface area is 137 Å². The number of thioether (sulfide) groups is 1. The fourth-order valence-electron chi connectivity index (χ4n) is 2.00. The van der Waals surface area contributed by atoms with E-state index >= 15 is 0 Å². The number of halogens is 1. The summed E-state index contributed by atoms with van der Waals surface area (Å²) in [7, 11) is 0. The van der Waals surface area contributed by atoms with Crippen LogP contribution in [-0.4, -0.2) is 15.7 Å². The fraction of sp³-hybridized carbons (Fsp3) is 0.333. The molecular formula is C15H18BrN3OS. The van der Waals surface area contributed by atoms with Gasteiger partial charge in [-0.25, -0.2) is 0 Å². The normalized spacial score (nSPS) is 10.7. The summed E-state index contributed by atoms with van der Waals surface area (Å²) in [6.07, 6.45) is 0. The molecule has 0 unspecified atom stereocenters. The molecule has 0 aliphatic heterocycles. The van der Waals surface area contributed by atoms with Crippen molar-refractivity contribution in [3.05, 3.63) is 40.1 Å². The molecule has 112 valence electrons. The zero-order chi connectivity index (χ0) is 15.4. The van der Waals surface area contributed by atoms with Crippen molar-refractivity contribution in [3.63, 3.8) is 0 Å². The van der Waals surface area contributed by atoms with Gasteiger partial charge in [-0.2, -0.15) is 5.10 Å². The molecule has 1 N–H and O–H groups in total. The second-order valence-corrected chi connectivity index (χ2v) is 6.50. The van der Waals surface area contributed by atoms with Gasteiger partial charge < -0.3 is 5.32 Å². The summed E-state index contributed by atoms with van der Waals surface area (Å²) < 4.78 is 3.12. The number of aryl methyl sites for hydroxylation is 2. The van der Waals surface area contributed by atoms with E-state index in [1.807, 2.05) is 35.9 Å². The first-order chi connectivity index (χ1) is 10.0. The van der Waals surface area contributed by atoms with Crippen LogP contribution in [0.4, 0.5) is 5.69 Å². The summed E-state index contributed by atoms with van der Waals surface area (Å²) in [5, 5.41) is 7.26. The molecule has 1 aromatic carbocycles. The molecule has 0 saturated carbocycles. The zero-order valence-electron chi connectivity index (χ0n) is 12.3. The third-order valence-corrected chi connectivity index (χ3v) is 5.06. The highest BCUT2D eigenvalue weighted by atomic mass is 79.9. The van der Waals surface area contributed by atoms with Crippen molar-refractivity contribution in [1.29, 1.82) is 0 Å². The maximum Gasteiger partial charge on any atom is 0.221 e. The molecule has 1 heterocycles. The van der Waals surface area contributed by atoms with Crippen molar-refractivity contribution in [2.24, 2.45) is 0 Å². The number of aromatic nitrogens is 2. The van der Waals surface area contributed by atoms with E-state index in [9.17, 15) is 4.79 Å². The van der Waals surface area contributed by atoms with Gasteiger partial charge >= 0.3 is 0 Å². The van der Waals surface area contributed by atoms with Crippen LogP contribution in [-0.2, 0) is 17.1 Å². The van der Waals surface area contributed by atoms with Gasteiger partial charge in [0.25, 0.3) is 0 Å². The van der Waals surface area contributed by atoms with Crippen LogP contribution in [0.15, 0.2) is 33.6 Å². The van der Waals surface area contributed by atoms with E-state index in [0.29, 0.717) is 0 Å². The number of carbonyl (C=O) groups is 1. The van der Waals surface area contributed by atoms with Gasteiger partial charge in [0, 0.05) is 29.8 Å². The molecule has 0 atom stereocenters. The van der Waals surface area contributed by atoms with E-state index < -0.39 is 0 Å². The molecule has 4 nitrogen and oxygen atoms in total. The van der Waals surface area contributed by atoms with E-state index in [1.54, 1.807) is 11.8 Å². The highest BCUT2D eigenvalue weighted by molar-refractivity contribution is 9.10. The van der Waals surface area contributed by atoms with Crippen molar-refractivity contribution in [1.82, 2.24) is 9.78 Å². The molecule has 0 aliphatic carbocycles. The molecule has 0 saturated heterocycles. The molecular weight excluding hydrogens is 350 g/mol. The molecule has 1 amide bonds. The average Bonchev–Trinajstić information content (AvgIpc) is 2.73. The van der Waals surface area contributed by atoms with E-state index in [1.165, 1.54) is 12.6 Å². The Kier molecular flexibility index (Phi) is 5.47. The minimum Gasteiger partial charge on any atom is -0.326 e. The average molecular weight is 368 g/mol. The molecule has 6 heteroatoms. The molecule has 0 radical (unpaired) electrons. The van der Waals surface area contributed by atoms with Gasteiger partial charge in [-0.1, -0.05) is 0 Å². The first-order valence-corrected chi connectivity index (χ1v) is 8.51. The van der Waals surface area contributed by atoms with Crippen molar-refractivity contribution >= 4 is 39.3 Å². The summed E-state index contributed by atoms with van der Waals surface area (Å²) in [6, 6.07) is 7.87. The van der Waals surface area contributed by atoms with Gasteiger partial charge in [-0.15, -0.1) is 11.8 Å². The van der Waals surface area contributed by atoms with Crippen LogP contribution in [0.5, 0.6) is 0 Å². The van der Waals surface area contributed by atoms with Crippen LogP contribution in [0.3, 0.4) is 0 Å². The quantitative estimate of drug-likeness (QED) is 0.804. The third-order valence-electron chi connectivity index (χ3n) is 3.00. The Morgan fingerprint density at radius 3 is 2.62 bits per heavy atom. The smallest absolute Gasteiger partial charge is 0.221 e. The predicted molar refractivity (Wildman–Crippen MR) is 90.6 cm³/mol. The summed E-state index contributed by atoms with van der Waals surface area (Å²) in [5.41, 5.74) is 3.04. The van der Waals surface area contributed by atoms with Gasteiger partial charge in [-0.3, -0.25) is 9.48 Å². The molecule has 0 fully saturated rings. The summed E-state index contributed by atoms with van der Waals surface area (Å²) in [6.45, 7) is 6.47. The number of benzene rings is 1. The number of hydrogen-bond donors (Lipinski definition) is 1. The molecule has 2 rings (SSSR count). The maximum atomic E-state index is 11.0. The number of anilines is 1. The first-order valence-electron chi connectivity index (χ1n) is 6.73. The zero-order valence-corrected chi connectivity index (χ0v) is 14.7. The van der Waals surface area contributed by atoms with Crippen molar-refractivity contribution in [2.75, 3.05) is 5.32 Å². The largest absolute Gasteiger partial charge is 0.326 e. The molecule has 0 spiro atoms. The molecule has 2 aromatic rings. The van der Waals surface area contributed by atoms with Crippen LogP contribution in [0.2, 0.25) is 0 Å². The van der Waals surface area contributed by atoms with Gasteiger partial charge in [0.2, 0.25) is 5.91 Å².